The molecule has 160 valence electrons. The molecule has 0 bridgehead atoms. The Kier molecular flexibility index (Phi) is 5.18. The Morgan fingerprint density at radius 2 is 2.00 bits per heavy atom. The predicted molar refractivity (Wildman–Crippen MR) is 118 cm³/mol. The van der Waals surface area contributed by atoms with Crippen LogP contribution in [0.2, 0.25) is 0 Å². The van der Waals surface area contributed by atoms with Gasteiger partial charge < -0.3 is 9.73 Å². The Balaban J connectivity index is 1.88. The molecule has 0 aliphatic rings. The van der Waals surface area contributed by atoms with Gasteiger partial charge in [0.1, 0.15) is 5.52 Å². The predicted octanol–water partition coefficient (Wildman–Crippen LogP) is 3.32. The van der Waals surface area contributed by atoms with Gasteiger partial charge >= 0.3 is 5.69 Å². The number of H-pyrrole nitrogens is 1. The first-order valence-corrected chi connectivity index (χ1v) is 10.1. The number of nitrogens with one attached hydrogen (secondary N) is 2. The van der Waals surface area contributed by atoms with E-state index < -0.39 is 17.2 Å². The molecule has 3 aromatic heterocycles. The summed E-state index contributed by atoms with van der Waals surface area (Å²) in [6.45, 7) is 7.92. The van der Waals surface area contributed by atoms with E-state index in [0.717, 1.165) is 0 Å². The van der Waals surface area contributed by atoms with Crippen LogP contribution in [-0.2, 0) is 6.54 Å². The Bertz CT molecular complexity index is 1430. The van der Waals surface area contributed by atoms with Crippen molar-refractivity contribution in [1.29, 1.82) is 0 Å². The molecular weight excluding hydrogens is 398 g/mol. The summed E-state index contributed by atoms with van der Waals surface area (Å²) in [5.74, 6) is 0.0524. The number of aromatic nitrogens is 4. The smallest absolute Gasteiger partial charge is 0.329 e. The second kappa shape index (κ2) is 7.82. The summed E-state index contributed by atoms with van der Waals surface area (Å²) in [6, 6.07) is 6.74. The van der Waals surface area contributed by atoms with Gasteiger partial charge in [-0.3, -0.25) is 19.1 Å². The van der Waals surface area contributed by atoms with Crippen molar-refractivity contribution in [2.75, 3.05) is 5.32 Å². The van der Waals surface area contributed by atoms with Crippen molar-refractivity contribution in [3.8, 4) is 0 Å². The van der Waals surface area contributed by atoms with Gasteiger partial charge in [-0.25, -0.2) is 14.8 Å². The SMILES string of the molecule is CCCn1c(=O)[nH]c(=O)c2c(C(=O)Nc3ccc4oc(C)nc4c3)cc(C(C)C)nc21. The highest BCUT2D eigenvalue weighted by Crippen LogP contribution is 2.23. The number of benzene rings is 1. The molecule has 1 aromatic carbocycles. The fourth-order valence-electron chi connectivity index (χ4n) is 3.52. The van der Waals surface area contributed by atoms with Crippen LogP contribution in [0, 0.1) is 6.92 Å². The first-order chi connectivity index (χ1) is 14.8. The Labute approximate surface area is 177 Å². The molecule has 0 fully saturated rings. The fraction of sp³-hybridized carbons (Fsp3) is 0.318. The van der Waals surface area contributed by atoms with Gasteiger partial charge in [0, 0.05) is 24.8 Å². The lowest BCUT2D eigenvalue weighted by Crippen LogP contribution is -2.32. The molecule has 9 heteroatoms. The fourth-order valence-corrected chi connectivity index (χ4v) is 3.52. The number of oxazole rings is 1. The molecule has 0 unspecified atom stereocenters. The van der Waals surface area contributed by atoms with Crippen LogP contribution in [0.5, 0.6) is 0 Å². The summed E-state index contributed by atoms with van der Waals surface area (Å²) in [7, 11) is 0. The van der Waals surface area contributed by atoms with Gasteiger partial charge in [0.25, 0.3) is 11.5 Å². The normalized spacial score (nSPS) is 11.5. The Morgan fingerprint density at radius 3 is 2.71 bits per heavy atom. The van der Waals surface area contributed by atoms with Crippen molar-refractivity contribution < 1.29 is 9.21 Å². The number of rotatable bonds is 5. The Hall–Kier alpha value is -3.75. The molecule has 0 radical (unpaired) electrons. The molecule has 1 amide bonds. The molecule has 4 rings (SSSR count). The van der Waals surface area contributed by atoms with Crippen LogP contribution in [0.25, 0.3) is 22.1 Å². The van der Waals surface area contributed by atoms with Crippen molar-refractivity contribution in [1.82, 2.24) is 19.5 Å². The highest BCUT2D eigenvalue weighted by molar-refractivity contribution is 6.12. The minimum Gasteiger partial charge on any atom is -0.441 e. The van der Waals surface area contributed by atoms with Gasteiger partial charge in [0.05, 0.1) is 10.9 Å². The van der Waals surface area contributed by atoms with Gasteiger partial charge in [-0.15, -0.1) is 0 Å². The summed E-state index contributed by atoms with van der Waals surface area (Å²) >= 11 is 0. The van der Waals surface area contributed by atoms with E-state index in [4.69, 9.17) is 4.42 Å². The number of nitrogens with zero attached hydrogens (tertiary/aromatic N) is 3. The van der Waals surface area contributed by atoms with E-state index in [-0.39, 0.29) is 22.5 Å². The van der Waals surface area contributed by atoms with E-state index in [0.29, 0.717) is 41.3 Å². The number of hydrogen-bond acceptors (Lipinski definition) is 6. The van der Waals surface area contributed by atoms with E-state index in [9.17, 15) is 14.4 Å². The molecule has 0 atom stereocenters. The lowest BCUT2D eigenvalue weighted by Gasteiger charge is -2.14. The summed E-state index contributed by atoms with van der Waals surface area (Å²) < 4.78 is 6.87. The van der Waals surface area contributed by atoms with Crippen LogP contribution < -0.4 is 16.6 Å². The number of anilines is 1. The average Bonchev–Trinajstić information content (AvgIpc) is 3.09. The maximum Gasteiger partial charge on any atom is 0.329 e. The maximum absolute atomic E-state index is 13.2. The van der Waals surface area contributed by atoms with Crippen LogP contribution >= 0.6 is 0 Å². The molecule has 0 aliphatic carbocycles. The van der Waals surface area contributed by atoms with E-state index in [2.05, 4.69) is 20.3 Å². The van der Waals surface area contributed by atoms with Crippen molar-refractivity contribution >= 4 is 33.7 Å². The molecule has 2 N–H and O–H groups in total. The van der Waals surface area contributed by atoms with Gasteiger partial charge in [0.2, 0.25) is 0 Å². The van der Waals surface area contributed by atoms with Crippen LogP contribution in [0.15, 0.2) is 38.3 Å². The average molecular weight is 421 g/mol. The molecule has 0 aliphatic heterocycles. The summed E-state index contributed by atoms with van der Waals surface area (Å²) in [6.07, 6.45) is 0.674. The van der Waals surface area contributed by atoms with Gasteiger partial charge in [-0.2, -0.15) is 0 Å². The largest absolute Gasteiger partial charge is 0.441 e. The second-order valence-corrected chi connectivity index (χ2v) is 7.73. The molecular formula is C22H23N5O4. The number of hydrogen-bond donors (Lipinski definition) is 2. The van der Waals surface area contributed by atoms with Gasteiger partial charge in [0.15, 0.2) is 17.1 Å². The van der Waals surface area contributed by atoms with Crippen molar-refractivity contribution in [3.63, 3.8) is 0 Å². The molecule has 3 heterocycles. The third kappa shape index (κ3) is 3.74. The summed E-state index contributed by atoms with van der Waals surface area (Å²) in [4.78, 5) is 49.4. The van der Waals surface area contributed by atoms with Crippen molar-refractivity contribution in [3.05, 3.63) is 62.3 Å². The molecule has 0 saturated heterocycles. The number of aromatic amines is 1. The molecule has 0 spiro atoms. The van der Waals surface area contributed by atoms with Crippen molar-refractivity contribution in [2.45, 2.75) is 46.6 Å². The van der Waals surface area contributed by atoms with Crippen LogP contribution in [0.4, 0.5) is 5.69 Å². The van der Waals surface area contributed by atoms with E-state index >= 15 is 0 Å². The zero-order valence-corrected chi connectivity index (χ0v) is 17.8. The third-order valence-corrected chi connectivity index (χ3v) is 5.00. The number of pyridine rings is 1. The first-order valence-electron chi connectivity index (χ1n) is 10.1. The number of carbonyl (C=O) groups excluding carboxylic acids is 1. The monoisotopic (exact) mass is 421 g/mol. The highest BCUT2D eigenvalue weighted by atomic mass is 16.3. The van der Waals surface area contributed by atoms with Gasteiger partial charge in [-0.05, 0) is 36.6 Å². The number of amides is 1. The van der Waals surface area contributed by atoms with Gasteiger partial charge in [-0.1, -0.05) is 20.8 Å². The molecule has 0 saturated carbocycles. The number of carbonyl (C=O) groups is 1. The van der Waals surface area contributed by atoms with Crippen LogP contribution in [0.1, 0.15) is 55.1 Å². The minimum atomic E-state index is -0.636. The first kappa shape index (κ1) is 20.5. The van der Waals surface area contributed by atoms with E-state index in [1.165, 1.54) is 4.57 Å². The molecule has 31 heavy (non-hydrogen) atoms. The van der Waals surface area contributed by atoms with E-state index in [1.807, 2.05) is 20.8 Å². The number of fused-ring (bicyclic) bond motifs is 2. The standard InChI is InChI=1S/C22H23N5O4/c1-5-8-27-19-18(21(29)26-22(27)30)14(10-15(25-19)11(2)3)20(28)24-13-6-7-17-16(9-13)23-12(4)31-17/h6-7,9-11H,5,8H2,1-4H3,(H,24,28)(H,26,29,30). The minimum absolute atomic E-state index is 0.00475. The second-order valence-electron chi connectivity index (χ2n) is 7.73. The van der Waals surface area contributed by atoms with Crippen LogP contribution in [0.3, 0.4) is 0 Å². The molecule has 4 aromatic rings. The third-order valence-electron chi connectivity index (χ3n) is 5.00. The topological polar surface area (TPSA) is 123 Å². The lowest BCUT2D eigenvalue weighted by atomic mass is 10.0. The summed E-state index contributed by atoms with van der Waals surface area (Å²) in [5.41, 5.74) is 1.58. The maximum atomic E-state index is 13.2. The quantitative estimate of drug-likeness (QED) is 0.510. The highest BCUT2D eigenvalue weighted by Gasteiger charge is 2.20. The zero-order chi connectivity index (χ0) is 22.3. The zero-order valence-electron chi connectivity index (χ0n) is 17.8. The van der Waals surface area contributed by atoms with E-state index in [1.54, 1.807) is 31.2 Å². The lowest BCUT2D eigenvalue weighted by molar-refractivity contribution is 0.102. The molecule has 9 nitrogen and oxygen atoms in total. The Morgan fingerprint density at radius 1 is 1.23 bits per heavy atom. The van der Waals surface area contributed by atoms with Crippen molar-refractivity contribution in [2.24, 2.45) is 0 Å². The number of aryl methyl sites for hydroxylation is 2. The van der Waals surface area contributed by atoms with Crippen LogP contribution in [-0.4, -0.2) is 25.4 Å². The summed E-state index contributed by atoms with van der Waals surface area (Å²) in [5, 5.41) is 2.91.